The highest BCUT2D eigenvalue weighted by molar-refractivity contribution is 7.80. The Balaban J connectivity index is 1.96. The molecule has 2 aromatic carbocycles. The molecule has 140 valence electrons. The summed E-state index contributed by atoms with van der Waals surface area (Å²) < 4.78 is 10.5. The highest BCUT2D eigenvalue weighted by atomic mass is 32.1. The highest BCUT2D eigenvalue weighted by Crippen LogP contribution is 2.29. The van der Waals surface area contributed by atoms with Gasteiger partial charge in [0.2, 0.25) is 0 Å². The van der Waals surface area contributed by atoms with Crippen LogP contribution >= 0.6 is 12.2 Å². The number of hydrogen-bond donors (Lipinski definition) is 1. The van der Waals surface area contributed by atoms with Gasteiger partial charge in [-0.25, -0.2) is 0 Å². The third-order valence-corrected chi connectivity index (χ3v) is 4.19. The minimum Gasteiger partial charge on any atom is -0.493 e. The molecule has 2 amide bonds. The number of benzene rings is 2. The summed E-state index contributed by atoms with van der Waals surface area (Å²) in [7, 11) is 1.46. The number of anilines is 1. The van der Waals surface area contributed by atoms with E-state index in [9.17, 15) is 9.59 Å². The highest BCUT2D eigenvalue weighted by Gasteiger charge is 2.34. The van der Waals surface area contributed by atoms with Crippen LogP contribution in [0, 0.1) is 11.3 Å². The number of carbonyl (C=O) groups excluding carboxylic acids is 2. The Kier molecular flexibility index (Phi) is 5.67. The summed E-state index contributed by atoms with van der Waals surface area (Å²) in [5, 5.41) is 11.2. The van der Waals surface area contributed by atoms with Gasteiger partial charge < -0.3 is 9.47 Å². The Bertz CT molecular complexity index is 1010. The number of para-hydroxylation sites is 1. The fourth-order valence-electron chi connectivity index (χ4n) is 2.64. The Hall–Kier alpha value is -3.70. The first-order chi connectivity index (χ1) is 13.5. The molecule has 7 nitrogen and oxygen atoms in total. The van der Waals surface area contributed by atoms with Crippen LogP contribution in [-0.2, 0) is 9.59 Å². The molecule has 0 aromatic heterocycles. The molecule has 0 saturated carbocycles. The summed E-state index contributed by atoms with van der Waals surface area (Å²) in [6.45, 7) is -0.124. The van der Waals surface area contributed by atoms with E-state index in [2.05, 4.69) is 5.32 Å². The molecule has 1 aliphatic heterocycles. The van der Waals surface area contributed by atoms with E-state index in [-0.39, 0.29) is 17.3 Å². The summed E-state index contributed by atoms with van der Waals surface area (Å²) in [4.78, 5) is 26.6. The van der Waals surface area contributed by atoms with E-state index in [1.165, 1.54) is 18.1 Å². The van der Waals surface area contributed by atoms with Gasteiger partial charge in [0.1, 0.15) is 11.6 Å². The van der Waals surface area contributed by atoms with Gasteiger partial charge in [0, 0.05) is 0 Å². The number of rotatable bonds is 5. The zero-order valence-electron chi connectivity index (χ0n) is 14.8. The van der Waals surface area contributed by atoms with Crippen molar-refractivity contribution in [1.29, 1.82) is 5.26 Å². The SMILES string of the molecule is COc1cc(/C=C2\C(=O)NC(=S)N(c3ccccc3)C2=O)ccc1OCC#N. The molecular formula is C20H15N3O4S. The van der Waals surface area contributed by atoms with E-state index in [0.29, 0.717) is 22.7 Å². The van der Waals surface area contributed by atoms with Crippen LogP contribution in [0.4, 0.5) is 5.69 Å². The minimum absolute atomic E-state index is 0.0242. The lowest BCUT2D eigenvalue weighted by Crippen LogP contribution is -2.54. The minimum atomic E-state index is -0.578. The van der Waals surface area contributed by atoms with E-state index in [4.69, 9.17) is 27.0 Å². The van der Waals surface area contributed by atoms with E-state index in [1.54, 1.807) is 42.5 Å². The first kappa shape index (κ1) is 19.1. The zero-order valence-corrected chi connectivity index (χ0v) is 15.7. The maximum Gasteiger partial charge on any atom is 0.270 e. The van der Waals surface area contributed by atoms with Gasteiger partial charge in [0.25, 0.3) is 11.8 Å². The second-order valence-corrected chi connectivity index (χ2v) is 6.04. The monoisotopic (exact) mass is 393 g/mol. The van der Waals surface area contributed by atoms with Gasteiger partial charge in [-0.1, -0.05) is 24.3 Å². The van der Waals surface area contributed by atoms with Crippen molar-refractivity contribution in [3.8, 4) is 17.6 Å². The summed E-state index contributed by atoms with van der Waals surface area (Å²) in [6, 6.07) is 15.6. The number of carbonyl (C=O) groups is 2. The molecule has 1 fully saturated rings. The summed E-state index contributed by atoms with van der Waals surface area (Å²) in [5.74, 6) is -0.337. The lowest BCUT2D eigenvalue weighted by Gasteiger charge is -2.28. The fraction of sp³-hybridized carbons (Fsp3) is 0.100. The van der Waals surface area contributed by atoms with Crippen LogP contribution in [0.3, 0.4) is 0 Å². The van der Waals surface area contributed by atoms with Gasteiger partial charge in [0.05, 0.1) is 12.8 Å². The van der Waals surface area contributed by atoms with Crippen LogP contribution in [0.2, 0.25) is 0 Å². The number of nitriles is 1. The number of nitrogens with zero attached hydrogens (tertiary/aromatic N) is 2. The Morgan fingerprint density at radius 3 is 2.61 bits per heavy atom. The van der Waals surface area contributed by atoms with E-state index < -0.39 is 11.8 Å². The molecule has 3 rings (SSSR count). The van der Waals surface area contributed by atoms with Crippen LogP contribution in [0.5, 0.6) is 11.5 Å². The standard InChI is InChI=1S/C20H15N3O4S/c1-26-17-12-13(7-8-16(17)27-10-9-21)11-15-18(24)22-20(28)23(19(15)25)14-5-3-2-4-6-14/h2-8,11-12H,10H2,1H3,(H,22,24,28)/b15-11+. The van der Waals surface area contributed by atoms with Crippen LogP contribution in [-0.4, -0.2) is 30.6 Å². The zero-order chi connectivity index (χ0) is 20.1. The van der Waals surface area contributed by atoms with Crippen molar-refractivity contribution < 1.29 is 19.1 Å². The molecule has 1 saturated heterocycles. The quantitative estimate of drug-likeness (QED) is 0.477. The molecule has 0 aliphatic carbocycles. The van der Waals surface area contributed by atoms with Crippen molar-refractivity contribution >= 4 is 40.9 Å². The van der Waals surface area contributed by atoms with E-state index in [1.807, 2.05) is 12.1 Å². The van der Waals surface area contributed by atoms with E-state index >= 15 is 0 Å². The number of methoxy groups -OCH3 is 1. The second kappa shape index (κ2) is 8.33. The predicted molar refractivity (Wildman–Crippen MR) is 107 cm³/mol. The van der Waals surface area contributed by atoms with Gasteiger partial charge in [-0.15, -0.1) is 0 Å². The second-order valence-electron chi connectivity index (χ2n) is 5.65. The molecule has 0 atom stereocenters. The molecule has 0 radical (unpaired) electrons. The van der Waals surface area contributed by atoms with Crippen molar-refractivity contribution in [1.82, 2.24) is 5.32 Å². The van der Waals surface area contributed by atoms with Crippen molar-refractivity contribution in [3.63, 3.8) is 0 Å². The predicted octanol–water partition coefficient (Wildman–Crippen LogP) is 2.43. The fourth-order valence-corrected chi connectivity index (χ4v) is 2.92. The third-order valence-electron chi connectivity index (χ3n) is 3.91. The Morgan fingerprint density at radius 1 is 1.18 bits per heavy atom. The van der Waals surface area contributed by atoms with Gasteiger partial charge in [0.15, 0.2) is 23.2 Å². The Morgan fingerprint density at radius 2 is 1.93 bits per heavy atom. The first-order valence-corrected chi connectivity index (χ1v) is 8.60. The average Bonchev–Trinajstić information content (AvgIpc) is 2.70. The van der Waals surface area contributed by atoms with Crippen molar-refractivity contribution in [2.45, 2.75) is 0 Å². The molecule has 1 N–H and O–H groups in total. The van der Waals surface area contributed by atoms with Crippen LogP contribution in [0.25, 0.3) is 6.08 Å². The number of amides is 2. The van der Waals surface area contributed by atoms with Crippen molar-refractivity contribution in [2.75, 3.05) is 18.6 Å². The average molecular weight is 393 g/mol. The first-order valence-electron chi connectivity index (χ1n) is 8.19. The molecule has 1 aliphatic rings. The molecule has 1 heterocycles. The number of ether oxygens (including phenoxy) is 2. The number of nitrogens with one attached hydrogen (secondary N) is 1. The molecule has 0 spiro atoms. The van der Waals surface area contributed by atoms with Crippen LogP contribution in [0.15, 0.2) is 54.1 Å². The summed E-state index contributed by atoms with van der Waals surface area (Å²) >= 11 is 5.16. The molecule has 28 heavy (non-hydrogen) atoms. The lowest BCUT2D eigenvalue weighted by atomic mass is 10.1. The summed E-state index contributed by atoms with van der Waals surface area (Å²) in [6.07, 6.45) is 1.45. The molecule has 8 heteroatoms. The summed E-state index contributed by atoms with van der Waals surface area (Å²) in [5.41, 5.74) is 1.05. The van der Waals surface area contributed by atoms with Gasteiger partial charge in [-0.2, -0.15) is 5.26 Å². The normalized spacial score (nSPS) is 15.2. The molecular weight excluding hydrogens is 378 g/mol. The maximum absolute atomic E-state index is 12.9. The molecule has 2 aromatic rings. The van der Waals surface area contributed by atoms with Crippen molar-refractivity contribution in [3.05, 3.63) is 59.7 Å². The topological polar surface area (TPSA) is 91.7 Å². The van der Waals surface area contributed by atoms with Gasteiger partial charge in [-0.05, 0) is 48.1 Å². The lowest BCUT2D eigenvalue weighted by molar-refractivity contribution is -0.122. The number of hydrogen-bond acceptors (Lipinski definition) is 6. The Labute approximate surface area is 166 Å². The van der Waals surface area contributed by atoms with Crippen molar-refractivity contribution in [2.24, 2.45) is 0 Å². The van der Waals surface area contributed by atoms with Gasteiger partial charge >= 0.3 is 0 Å². The van der Waals surface area contributed by atoms with Crippen LogP contribution < -0.4 is 19.7 Å². The van der Waals surface area contributed by atoms with E-state index in [0.717, 1.165) is 0 Å². The van der Waals surface area contributed by atoms with Crippen LogP contribution in [0.1, 0.15) is 5.56 Å². The van der Waals surface area contributed by atoms with Gasteiger partial charge in [-0.3, -0.25) is 19.8 Å². The largest absolute Gasteiger partial charge is 0.493 e. The molecule has 0 bridgehead atoms. The molecule has 0 unspecified atom stereocenters. The number of thiocarbonyl (C=S) groups is 1. The maximum atomic E-state index is 12.9. The third kappa shape index (κ3) is 3.84. The smallest absolute Gasteiger partial charge is 0.270 e.